The van der Waals surface area contributed by atoms with Crippen molar-refractivity contribution in [3.63, 3.8) is 0 Å². The van der Waals surface area contributed by atoms with Gasteiger partial charge in [-0.1, -0.05) is 54.6 Å². The summed E-state index contributed by atoms with van der Waals surface area (Å²) < 4.78 is 23.1. The molecule has 0 saturated heterocycles. The first kappa shape index (κ1) is 24.0. The van der Waals surface area contributed by atoms with E-state index in [9.17, 15) is 4.79 Å². The van der Waals surface area contributed by atoms with Crippen LogP contribution in [0.2, 0.25) is 0 Å². The maximum absolute atomic E-state index is 12.4. The maximum Gasteiger partial charge on any atom is 0.374 e. The van der Waals surface area contributed by atoms with Crippen LogP contribution in [0.3, 0.4) is 0 Å². The SMILES string of the molecule is CCOC(=O)/C(=C/c1ccc(OCCN2c3ccccc3Oc3ccccc32)cc1)Oc1ccccc1. The molecule has 0 spiro atoms. The van der Waals surface area contributed by atoms with Crippen molar-refractivity contribution in [2.75, 3.05) is 24.7 Å². The first-order chi connectivity index (χ1) is 18.2. The van der Waals surface area contributed by atoms with E-state index in [1.54, 1.807) is 25.1 Å². The third-order valence-electron chi connectivity index (χ3n) is 5.74. The number of para-hydroxylation sites is 5. The van der Waals surface area contributed by atoms with Crippen molar-refractivity contribution in [1.29, 1.82) is 0 Å². The second kappa shape index (κ2) is 11.4. The van der Waals surface area contributed by atoms with E-state index in [0.717, 1.165) is 34.2 Å². The zero-order valence-electron chi connectivity index (χ0n) is 20.5. The standard InChI is InChI=1S/C31H27NO5/c1-2-34-31(33)30(36-25-10-4-3-5-11-25)22-23-16-18-24(19-17-23)35-21-20-32-26-12-6-8-14-28(26)37-29-15-9-7-13-27(29)32/h3-19,22H,2,20-21H2,1H3/b30-22-. The van der Waals surface area contributed by atoms with Gasteiger partial charge < -0.3 is 23.8 Å². The number of carbonyl (C=O) groups is 1. The highest BCUT2D eigenvalue weighted by Gasteiger charge is 2.23. The van der Waals surface area contributed by atoms with E-state index in [-0.39, 0.29) is 12.4 Å². The van der Waals surface area contributed by atoms with Crippen molar-refractivity contribution in [2.24, 2.45) is 0 Å². The molecule has 0 unspecified atom stereocenters. The van der Waals surface area contributed by atoms with Crippen molar-refractivity contribution in [1.82, 2.24) is 0 Å². The highest BCUT2D eigenvalue weighted by Crippen LogP contribution is 2.45. The van der Waals surface area contributed by atoms with Crippen molar-refractivity contribution >= 4 is 23.4 Å². The number of carbonyl (C=O) groups excluding carboxylic acids is 1. The van der Waals surface area contributed by atoms with Gasteiger partial charge in [-0.15, -0.1) is 0 Å². The number of benzene rings is 4. The number of hydrogen-bond acceptors (Lipinski definition) is 6. The van der Waals surface area contributed by atoms with Gasteiger partial charge in [-0.2, -0.15) is 0 Å². The Hall–Kier alpha value is -4.71. The lowest BCUT2D eigenvalue weighted by Crippen LogP contribution is -2.26. The molecule has 0 fully saturated rings. The van der Waals surface area contributed by atoms with Gasteiger partial charge in [-0.05, 0) is 67.1 Å². The van der Waals surface area contributed by atoms with Gasteiger partial charge in [0.1, 0.15) is 18.1 Å². The molecule has 4 aromatic carbocycles. The molecule has 4 aromatic rings. The summed E-state index contributed by atoms with van der Waals surface area (Å²) in [5, 5.41) is 0. The Morgan fingerprint density at radius 3 is 2.05 bits per heavy atom. The Labute approximate surface area is 216 Å². The van der Waals surface area contributed by atoms with Gasteiger partial charge >= 0.3 is 5.97 Å². The fraction of sp³-hybridized carbons (Fsp3) is 0.129. The van der Waals surface area contributed by atoms with E-state index in [1.807, 2.05) is 91.0 Å². The van der Waals surface area contributed by atoms with Crippen LogP contribution in [0.15, 0.2) is 109 Å². The first-order valence-corrected chi connectivity index (χ1v) is 12.2. The van der Waals surface area contributed by atoms with Crippen LogP contribution in [0, 0.1) is 0 Å². The largest absolute Gasteiger partial charge is 0.492 e. The Kier molecular flexibility index (Phi) is 7.36. The van der Waals surface area contributed by atoms with Gasteiger partial charge in [0.2, 0.25) is 5.76 Å². The molecule has 0 N–H and O–H groups in total. The molecular weight excluding hydrogens is 466 g/mol. The summed E-state index contributed by atoms with van der Waals surface area (Å²) >= 11 is 0. The summed E-state index contributed by atoms with van der Waals surface area (Å²) in [5.74, 6) is 2.55. The Balaban J connectivity index is 1.26. The van der Waals surface area contributed by atoms with E-state index >= 15 is 0 Å². The fourth-order valence-corrected chi connectivity index (χ4v) is 4.04. The molecule has 1 aliphatic rings. The molecule has 6 heteroatoms. The van der Waals surface area contributed by atoms with Crippen LogP contribution < -0.4 is 19.1 Å². The number of anilines is 2. The van der Waals surface area contributed by atoms with Gasteiger partial charge in [0.05, 0.1) is 24.5 Å². The number of esters is 1. The minimum atomic E-state index is -0.516. The number of ether oxygens (including phenoxy) is 4. The van der Waals surface area contributed by atoms with Crippen LogP contribution in [0.25, 0.3) is 6.08 Å². The van der Waals surface area contributed by atoms with Crippen LogP contribution in [0.4, 0.5) is 11.4 Å². The first-order valence-electron chi connectivity index (χ1n) is 12.2. The van der Waals surface area contributed by atoms with E-state index in [2.05, 4.69) is 4.90 Å². The lowest BCUT2D eigenvalue weighted by molar-refractivity contribution is -0.140. The Morgan fingerprint density at radius 1 is 0.784 bits per heavy atom. The Morgan fingerprint density at radius 2 is 1.41 bits per heavy atom. The molecular formula is C31H27NO5. The average molecular weight is 494 g/mol. The summed E-state index contributed by atoms with van der Waals surface area (Å²) in [6.45, 7) is 3.15. The highest BCUT2D eigenvalue weighted by atomic mass is 16.6. The Bertz CT molecular complexity index is 1340. The van der Waals surface area contributed by atoms with E-state index in [4.69, 9.17) is 18.9 Å². The zero-order chi connectivity index (χ0) is 25.5. The molecule has 0 saturated carbocycles. The van der Waals surface area contributed by atoms with Gasteiger partial charge in [0.25, 0.3) is 0 Å². The molecule has 1 heterocycles. The van der Waals surface area contributed by atoms with Crippen molar-refractivity contribution in [3.05, 3.63) is 114 Å². The van der Waals surface area contributed by atoms with E-state index < -0.39 is 5.97 Å². The number of nitrogens with zero attached hydrogens (tertiary/aromatic N) is 1. The topological polar surface area (TPSA) is 57.2 Å². The van der Waals surface area contributed by atoms with Crippen molar-refractivity contribution in [2.45, 2.75) is 6.92 Å². The molecule has 0 aliphatic carbocycles. The maximum atomic E-state index is 12.4. The molecule has 0 aromatic heterocycles. The smallest absolute Gasteiger partial charge is 0.374 e. The molecule has 0 amide bonds. The summed E-state index contributed by atoms with van der Waals surface area (Å²) in [6, 6.07) is 32.6. The zero-order valence-corrected chi connectivity index (χ0v) is 20.5. The quantitative estimate of drug-likeness (QED) is 0.142. The van der Waals surface area contributed by atoms with Gasteiger partial charge in [-0.3, -0.25) is 0 Å². The highest BCUT2D eigenvalue weighted by molar-refractivity contribution is 5.92. The summed E-state index contributed by atoms with van der Waals surface area (Å²) in [5.41, 5.74) is 2.81. The predicted molar refractivity (Wildman–Crippen MR) is 144 cm³/mol. The molecule has 6 nitrogen and oxygen atoms in total. The van der Waals surface area contributed by atoms with Crippen molar-refractivity contribution < 1.29 is 23.7 Å². The molecule has 0 atom stereocenters. The molecule has 5 rings (SSSR count). The van der Waals surface area contributed by atoms with Crippen LogP contribution >= 0.6 is 0 Å². The fourth-order valence-electron chi connectivity index (χ4n) is 4.04. The number of rotatable bonds is 9. The molecule has 0 radical (unpaired) electrons. The lowest BCUT2D eigenvalue weighted by Gasteiger charge is -2.32. The van der Waals surface area contributed by atoms with E-state index in [0.29, 0.717) is 18.9 Å². The van der Waals surface area contributed by atoms with Gasteiger partial charge in [0.15, 0.2) is 11.5 Å². The van der Waals surface area contributed by atoms with Crippen LogP contribution in [0.1, 0.15) is 12.5 Å². The number of hydrogen-bond donors (Lipinski definition) is 0. The van der Waals surface area contributed by atoms with Gasteiger partial charge in [-0.25, -0.2) is 4.79 Å². The average Bonchev–Trinajstić information content (AvgIpc) is 2.94. The van der Waals surface area contributed by atoms with Crippen LogP contribution in [-0.4, -0.2) is 25.7 Å². The second-order valence-electron chi connectivity index (χ2n) is 8.25. The van der Waals surface area contributed by atoms with Gasteiger partial charge in [0, 0.05) is 0 Å². The molecule has 186 valence electrons. The molecule has 37 heavy (non-hydrogen) atoms. The predicted octanol–water partition coefficient (Wildman–Crippen LogP) is 6.99. The lowest BCUT2D eigenvalue weighted by atomic mass is 10.1. The third-order valence-corrected chi connectivity index (χ3v) is 5.74. The minimum absolute atomic E-state index is 0.117. The second-order valence-corrected chi connectivity index (χ2v) is 8.25. The summed E-state index contributed by atoms with van der Waals surface area (Å²) in [4.78, 5) is 14.6. The monoisotopic (exact) mass is 493 g/mol. The normalized spacial score (nSPS) is 12.1. The van der Waals surface area contributed by atoms with E-state index in [1.165, 1.54) is 0 Å². The molecule has 1 aliphatic heterocycles. The third kappa shape index (κ3) is 5.76. The summed E-state index contributed by atoms with van der Waals surface area (Å²) in [7, 11) is 0. The van der Waals surface area contributed by atoms with Crippen LogP contribution in [-0.2, 0) is 9.53 Å². The van der Waals surface area contributed by atoms with Crippen LogP contribution in [0.5, 0.6) is 23.0 Å². The molecule has 0 bridgehead atoms. The number of fused-ring (bicyclic) bond motifs is 2. The minimum Gasteiger partial charge on any atom is -0.492 e. The van der Waals surface area contributed by atoms with Crippen molar-refractivity contribution in [3.8, 4) is 23.0 Å². The summed E-state index contributed by atoms with van der Waals surface area (Å²) in [6.07, 6.45) is 1.66.